The number of carbonyl (C=O) groups is 1. The summed E-state index contributed by atoms with van der Waals surface area (Å²) in [7, 11) is 0. The van der Waals surface area contributed by atoms with Gasteiger partial charge in [0.25, 0.3) is 5.91 Å². The Morgan fingerprint density at radius 2 is 2.26 bits per heavy atom. The van der Waals surface area contributed by atoms with Crippen LogP contribution < -0.4 is 5.32 Å². The monoisotopic (exact) mass is 409 g/mol. The molecule has 3 aromatic rings. The second-order valence-corrected chi connectivity index (χ2v) is 7.15. The lowest BCUT2D eigenvalue weighted by atomic mass is 10.2. The Morgan fingerprint density at radius 1 is 1.39 bits per heavy atom. The molecule has 1 amide bonds. The van der Waals surface area contributed by atoms with Crippen LogP contribution in [0, 0.1) is 0 Å². The highest BCUT2D eigenvalue weighted by atomic mass is 79.9. The number of aromatic nitrogens is 2. The molecule has 0 fully saturated rings. The maximum atomic E-state index is 12.4. The van der Waals surface area contributed by atoms with Crippen molar-refractivity contribution in [1.29, 1.82) is 0 Å². The van der Waals surface area contributed by atoms with Gasteiger partial charge in [0, 0.05) is 28.3 Å². The standard InChI is InChI=1S/C16H13BrClN3OS/c17-11-4-5-13(18)12(9-11)16(22)19-10-14(15-3-1-8-23-15)21-7-2-6-20-21/h1-9,14H,10H2,(H,19,22). The number of amides is 1. The van der Waals surface area contributed by atoms with E-state index >= 15 is 0 Å². The minimum Gasteiger partial charge on any atom is -0.349 e. The van der Waals surface area contributed by atoms with E-state index in [9.17, 15) is 4.79 Å². The van der Waals surface area contributed by atoms with Gasteiger partial charge in [0.1, 0.15) is 6.04 Å². The van der Waals surface area contributed by atoms with Crippen LogP contribution in [-0.2, 0) is 0 Å². The lowest BCUT2D eigenvalue weighted by molar-refractivity contribution is 0.0949. The minimum absolute atomic E-state index is 0.0418. The third-order valence-electron chi connectivity index (χ3n) is 3.34. The molecule has 7 heteroatoms. The molecule has 23 heavy (non-hydrogen) atoms. The normalized spacial score (nSPS) is 12.1. The van der Waals surface area contributed by atoms with Crippen LogP contribution >= 0.6 is 38.9 Å². The van der Waals surface area contributed by atoms with Crippen LogP contribution in [0.15, 0.2) is 58.6 Å². The first-order chi connectivity index (χ1) is 11.1. The van der Waals surface area contributed by atoms with Gasteiger partial charge in [-0.1, -0.05) is 33.6 Å². The number of nitrogens with one attached hydrogen (secondary N) is 1. The highest BCUT2D eigenvalue weighted by Gasteiger charge is 2.18. The van der Waals surface area contributed by atoms with E-state index in [1.165, 1.54) is 0 Å². The number of rotatable bonds is 5. The van der Waals surface area contributed by atoms with Gasteiger partial charge in [0.05, 0.1) is 10.6 Å². The molecule has 2 heterocycles. The predicted octanol–water partition coefficient (Wildman–Crippen LogP) is 4.38. The summed E-state index contributed by atoms with van der Waals surface area (Å²) in [5.41, 5.74) is 0.450. The maximum Gasteiger partial charge on any atom is 0.252 e. The minimum atomic E-state index is -0.204. The number of carbonyl (C=O) groups excluding carboxylic acids is 1. The number of thiophene rings is 1. The second kappa shape index (κ2) is 7.29. The fourth-order valence-electron chi connectivity index (χ4n) is 2.23. The third kappa shape index (κ3) is 3.83. The van der Waals surface area contributed by atoms with Gasteiger partial charge in [-0.25, -0.2) is 0 Å². The SMILES string of the molecule is O=C(NCC(c1cccs1)n1cccn1)c1cc(Br)ccc1Cl. The van der Waals surface area contributed by atoms with Gasteiger partial charge in [-0.15, -0.1) is 11.3 Å². The topological polar surface area (TPSA) is 46.9 Å². The summed E-state index contributed by atoms with van der Waals surface area (Å²) in [5, 5.41) is 9.68. The van der Waals surface area contributed by atoms with Gasteiger partial charge in [0.2, 0.25) is 0 Å². The highest BCUT2D eigenvalue weighted by molar-refractivity contribution is 9.10. The Bertz CT molecular complexity index is 756. The zero-order valence-electron chi connectivity index (χ0n) is 11.9. The van der Waals surface area contributed by atoms with Crippen LogP contribution in [0.1, 0.15) is 21.3 Å². The number of hydrogen-bond donors (Lipinski definition) is 1. The summed E-state index contributed by atoms with van der Waals surface area (Å²) in [6, 6.07) is 11.1. The van der Waals surface area contributed by atoms with Crippen molar-refractivity contribution in [3.05, 3.63) is 74.1 Å². The number of halogens is 2. The molecule has 0 aliphatic carbocycles. The molecule has 1 N–H and O–H groups in total. The smallest absolute Gasteiger partial charge is 0.252 e. The Morgan fingerprint density at radius 3 is 2.96 bits per heavy atom. The molecule has 0 saturated carbocycles. The summed E-state index contributed by atoms with van der Waals surface area (Å²) in [6.07, 6.45) is 3.62. The van der Waals surface area contributed by atoms with Crippen molar-refractivity contribution < 1.29 is 4.79 Å². The van der Waals surface area contributed by atoms with E-state index in [4.69, 9.17) is 11.6 Å². The first-order valence-electron chi connectivity index (χ1n) is 6.91. The average molecular weight is 411 g/mol. The molecule has 0 radical (unpaired) electrons. The maximum absolute atomic E-state index is 12.4. The van der Waals surface area contributed by atoms with Gasteiger partial charge in [-0.3, -0.25) is 9.48 Å². The zero-order valence-corrected chi connectivity index (χ0v) is 15.1. The van der Waals surface area contributed by atoms with Crippen LogP contribution in [-0.4, -0.2) is 22.2 Å². The van der Waals surface area contributed by atoms with Crippen molar-refractivity contribution in [3.8, 4) is 0 Å². The Hall–Kier alpha value is -1.63. The van der Waals surface area contributed by atoms with Crippen LogP contribution in [0.3, 0.4) is 0 Å². The molecule has 4 nitrogen and oxygen atoms in total. The fraction of sp³-hybridized carbons (Fsp3) is 0.125. The molecular weight excluding hydrogens is 398 g/mol. The lowest BCUT2D eigenvalue weighted by Gasteiger charge is -2.17. The van der Waals surface area contributed by atoms with Crippen molar-refractivity contribution in [2.24, 2.45) is 0 Å². The van der Waals surface area contributed by atoms with Crippen molar-refractivity contribution in [3.63, 3.8) is 0 Å². The summed E-state index contributed by atoms with van der Waals surface area (Å²) >= 11 is 11.1. The number of benzene rings is 1. The first-order valence-corrected chi connectivity index (χ1v) is 8.96. The molecule has 118 valence electrons. The van der Waals surface area contributed by atoms with Crippen LogP contribution in [0.2, 0.25) is 5.02 Å². The van der Waals surface area contributed by atoms with E-state index in [-0.39, 0.29) is 11.9 Å². The molecule has 0 aliphatic rings. The number of nitrogens with zero attached hydrogens (tertiary/aromatic N) is 2. The molecular formula is C16H13BrClN3OS. The third-order valence-corrected chi connectivity index (χ3v) is 5.14. The molecule has 0 bridgehead atoms. The molecule has 1 unspecified atom stereocenters. The molecule has 1 atom stereocenters. The van der Waals surface area contributed by atoms with E-state index in [1.54, 1.807) is 35.7 Å². The molecule has 0 saturated heterocycles. The largest absolute Gasteiger partial charge is 0.349 e. The summed E-state index contributed by atoms with van der Waals surface area (Å²) in [6.45, 7) is 0.434. The van der Waals surface area contributed by atoms with E-state index in [1.807, 2.05) is 34.5 Å². The molecule has 2 aromatic heterocycles. The lowest BCUT2D eigenvalue weighted by Crippen LogP contribution is -2.31. The van der Waals surface area contributed by atoms with Crippen molar-refractivity contribution in [2.45, 2.75) is 6.04 Å². The quantitative estimate of drug-likeness (QED) is 0.678. The van der Waals surface area contributed by atoms with Gasteiger partial charge < -0.3 is 5.32 Å². The van der Waals surface area contributed by atoms with Gasteiger partial charge >= 0.3 is 0 Å². The zero-order chi connectivity index (χ0) is 16.2. The Labute approximate surface area is 151 Å². The van der Waals surface area contributed by atoms with E-state index in [2.05, 4.69) is 26.3 Å². The fourth-order valence-corrected chi connectivity index (χ4v) is 3.61. The van der Waals surface area contributed by atoms with Gasteiger partial charge in [0.15, 0.2) is 0 Å². The molecule has 0 aliphatic heterocycles. The number of hydrogen-bond acceptors (Lipinski definition) is 3. The Balaban J connectivity index is 1.77. The molecule has 3 rings (SSSR count). The Kier molecular flexibility index (Phi) is 5.15. The predicted molar refractivity (Wildman–Crippen MR) is 96.2 cm³/mol. The molecule has 0 spiro atoms. The van der Waals surface area contributed by atoms with Crippen LogP contribution in [0.4, 0.5) is 0 Å². The summed E-state index contributed by atoms with van der Waals surface area (Å²) in [5.74, 6) is -0.204. The van der Waals surface area contributed by atoms with Gasteiger partial charge in [-0.05, 0) is 35.7 Å². The van der Waals surface area contributed by atoms with E-state index in [0.717, 1.165) is 9.35 Å². The average Bonchev–Trinajstić information content (AvgIpc) is 3.23. The van der Waals surface area contributed by atoms with Crippen LogP contribution in [0.25, 0.3) is 0 Å². The summed E-state index contributed by atoms with van der Waals surface area (Å²) < 4.78 is 2.66. The molecule has 1 aromatic carbocycles. The van der Waals surface area contributed by atoms with Crippen LogP contribution in [0.5, 0.6) is 0 Å². The van der Waals surface area contributed by atoms with Crippen molar-refractivity contribution in [1.82, 2.24) is 15.1 Å². The second-order valence-electron chi connectivity index (χ2n) is 4.85. The van der Waals surface area contributed by atoms with Crippen molar-refractivity contribution >= 4 is 44.8 Å². The highest BCUT2D eigenvalue weighted by Crippen LogP contribution is 2.23. The van der Waals surface area contributed by atoms with Crippen molar-refractivity contribution in [2.75, 3.05) is 6.54 Å². The van der Waals surface area contributed by atoms with Gasteiger partial charge in [-0.2, -0.15) is 5.10 Å². The summed E-state index contributed by atoms with van der Waals surface area (Å²) in [4.78, 5) is 13.6. The first kappa shape index (κ1) is 16.2. The van der Waals surface area contributed by atoms with E-state index < -0.39 is 0 Å². The van der Waals surface area contributed by atoms with E-state index in [0.29, 0.717) is 17.1 Å².